The van der Waals surface area contributed by atoms with Crippen LogP contribution in [0.1, 0.15) is 12.5 Å². The van der Waals surface area contributed by atoms with Crippen LogP contribution in [-0.4, -0.2) is 37.5 Å². The van der Waals surface area contributed by atoms with Crippen molar-refractivity contribution in [2.45, 2.75) is 13.3 Å². The Balaban J connectivity index is 0.00000288. The van der Waals surface area contributed by atoms with Gasteiger partial charge in [-0.2, -0.15) is 0 Å². The monoisotopic (exact) mass is 366 g/mol. The second kappa shape index (κ2) is 8.70. The summed E-state index contributed by atoms with van der Waals surface area (Å²) in [6.45, 7) is 1.91. The summed E-state index contributed by atoms with van der Waals surface area (Å²) in [5, 5.41) is 3.50. The van der Waals surface area contributed by atoms with Gasteiger partial charge in [0.1, 0.15) is 0 Å². The van der Waals surface area contributed by atoms with Gasteiger partial charge < -0.3 is 24.5 Å². The summed E-state index contributed by atoms with van der Waals surface area (Å²) in [5.74, 6) is 0.0188. The van der Waals surface area contributed by atoms with Crippen molar-refractivity contribution in [2.75, 3.05) is 13.7 Å². The molecule has 0 bridgehead atoms. The number of fused-ring (bicyclic) bond motifs is 1. The number of hydrogen-bond acceptors (Lipinski definition) is 7. The van der Waals surface area contributed by atoms with Crippen LogP contribution in [0.15, 0.2) is 18.3 Å². The fraction of sp³-hybridized carbons (Fsp3) is 0.308. The molecular formula is C13H15N2NaO7S. The van der Waals surface area contributed by atoms with Crippen molar-refractivity contribution in [1.29, 1.82) is 0 Å². The van der Waals surface area contributed by atoms with E-state index in [4.69, 9.17) is 4.74 Å². The Hall–Kier alpha value is -1.30. The summed E-state index contributed by atoms with van der Waals surface area (Å²) in [6.07, 6.45) is 2.34. The van der Waals surface area contributed by atoms with Crippen LogP contribution >= 0.6 is 0 Å². The number of aromatic nitrogens is 1. The third-order valence-electron chi connectivity index (χ3n) is 3.03. The van der Waals surface area contributed by atoms with Crippen LogP contribution in [0.25, 0.3) is 10.9 Å². The predicted molar refractivity (Wildman–Crippen MR) is 78.6 cm³/mol. The number of carbonyl (C=O) groups excluding carboxylic acids is 1. The molecule has 0 aliphatic heterocycles. The Morgan fingerprint density at radius 1 is 1.33 bits per heavy atom. The molecule has 1 heterocycles. The maximum absolute atomic E-state index is 10.9. The van der Waals surface area contributed by atoms with Gasteiger partial charge in [0.2, 0.25) is 11.7 Å². The van der Waals surface area contributed by atoms with Crippen LogP contribution in [-0.2, 0) is 25.9 Å². The first-order valence-corrected chi connectivity index (χ1v) is 7.88. The topological polar surface area (TPSA) is 130 Å². The molecule has 0 radical (unpaired) electrons. The van der Waals surface area contributed by atoms with Crippen LogP contribution in [0.4, 0.5) is 0 Å². The fourth-order valence-electron chi connectivity index (χ4n) is 2.07. The van der Waals surface area contributed by atoms with Crippen LogP contribution in [0.5, 0.6) is 11.5 Å². The van der Waals surface area contributed by atoms with E-state index >= 15 is 0 Å². The number of aromatic amines is 1. The minimum Gasteiger partial charge on any atom is -0.723 e. The van der Waals surface area contributed by atoms with Gasteiger partial charge in [0.15, 0.2) is 5.75 Å². The Labute approximate surface area is 160 Å². The van der Waals surface area contributed by atoms with Gasteiger partial charge in [-0.15, -0.1) is 0 Å². The Morgan fingerprint density at radius 2 is 2.04 bits per heavy atom. The van der Waals surface area contributed by atoms with E-state index in [0.717, 1.165) is 10.9 Å². The van der Waals surface area contributed by atoms with E-state index in [1.54, 1.807) is 12.3 Å². The van der Waals surface area contributed by atoms with Gasteiger partial charge >= 0.3 is 29.6 Å². The van der Waals surface area contributed by atoms with Crippen molar-refractivity contribution in [3.63, 3.8) is 0 Å². The first-order valence-electron chi connectivity index (χ1n) is 6.54. The zero-order chi connectivity index (χ0) is 17.0. The number of rotatable bonds is 7. The van der Waals surface area contributed by atoms with Crippen molar-refractivity contribution in [2.24, 2.45) is 0 Å². The van der Waals surface area contributed by atoms with Crippen LogP contribution in [0.3, 0.4) is 0 Å². The number of amides is 1. The van der Waals surface area contributed by atoms with Gasteiger partial charge in [0.05, 0.1) is 7.11 Å². The molecule has 2 aromatic rings. The minimum atomic E-state index is -4.99. The van der Waals surface area contributed by atoms with Gasteiger partial charge in [-0.1, -0.05) is 4.33 Å². The molecule has 0 unspecified atom stereocenters. The number of H-pyrrole nitrogens is 1. The average Bonchev–Trinajstić information content (AvgIpc) is 2.85. The first kappa shape index (κ1) is 20.7. The summed E-state index contributed by atoms with van der Waals surface area (Å²) in [5.41, 5.74) is 1.56. The van der Waals surface area contributed by atoms with E-state index in [1.165, 1.54) is 20.1 Å². The van der Waals surface area contributed by atoms with Crippen molar-refractivity contribution < 1.29 is 61.3 Å². The second-order valence-corrected chi connectivity index (χ2v) is 5.61. The van der Waals surface area contributed by atoms with Crippen LogP contribution < -0.4 is 44.5 Å². The second-order valence-electron chi connectivity index (χ2n) is 4.66. The number of methoxy groups -OCH3 is 1. The third kappa shape index (κ3) is 5.65. The van der Waals surface area contributed by atoms with Gasteiger partial charge in [-0.3, -0.25) is 4.79 Å². The molecule has 9 nitrogen and oxygen atoms in total. The Bertz CT molecular complexity index is 819. The molecule has 0 aliphatic rings. The van der Waals surface area contributed by atoms with Crippen molar-refractivity contribution in [3.05, 3.63) is 23.9 Å². The Kier molecular flexibility index (Phi) is 7.52. The fourth-order valence-corrected chi connectivity index (χ4v) is 2.23. The molecule has 0 saturated carbocycles. The predicted octanol–water partition coefficient (Wildman–Crippen LogP) is -2.37. The molecule has 126 valence electrons. The minimum absolute atomic E-state index is 0. The summed E-state index contributed by atoms with van der Waals surface area (Å²) in [7, 11) is -3.63. The van der Waals surface area contributed by atoms with Crippen molar-refractivity contribution in [1.82, 2.24) is 10.3 Å². The van der Waals surface area contributed by atoms with E-state index in [9.17, 15) is 17.8 Å². The molecular weight excluding hydrogens is 351 g/mol. The number of ether oxygens (including phenoxy) is 1. The number of benzene rings is 1. The smallest absolute Gasteiger partial charge is 0.723 e. The largest absolute Gasteiger partial charge is 1.00 e. The average molecular weight is 366 g/mol. The van der Waals surface area contributed by atoms with E-state index in [1.807, 2.05) is 0 Å². The van der Waals surface area contributed by atoms with Gasteiger partial charge in [-0.05, 0) is 18.1 Å². The van der Waals surface area contributed by atoms with E-state index in [0.29, 0.717) is 18.5 Å². The van der Waals surface area contributed by atoms with Gasteiger partial charge in [0.25, 0.3) is 10.4 Å². The van der Waals surface area contributed by atoms with E-state index in [-0.39, 0.29) is 47.0 Å². The zero-order valence-electron chi connectivity index (χ0n) is 13.4. The molecule has 0 spiro atoms. The first-order chi connectivity index (χ1) is 10.8. The normalized spacial score (nSPS) is 11.0. The summed E-state index contributed by atoms with van der Waals surface area (Å²) in [6, 6.07) is 3.06. The molecule has 11 heteroatoms. The standard InChI is InChI=1S/C13H16N2O7S.Na/c1-8(16)14-4-3-9-7-15-11-6-13(21-22-23(17,18)19)12(20-2)5-10(9)11;/h5-7,15H,3-4H2,1-2H3,(H,14,16)(H,17,18,19);/q;+1/p-1. The molecule has 0 saturated heterocycles. The molecule has 0 atom stereocenters. The molecule has 24 heavy (non-hydrogen) atoms. The van der Waals surface area contributed by atoms with Crippen molar-refractivity contribution >= 4 is 27.2 Å². The summed E-state index contributed by atoms with van der Waals surface area (Å²) >= 11 is 0. The molecule has 0 aliphatic carbocycles. The molecule has 0 fully saturated rings. The molecule has 1 amide bonds. The maximum Gasteiger partial charge on any atom is 1.00 e. The molecule has 2 N–H and O–H groups in total. The molecule has 2 rings (SSSR count). The Morgan fingerprint density at radius 3 is 2.62 bits per heavy atom. The van der Waals surface area contributed by atoms with Crippen LogP contribution in [0.2, 0.25) is 0 Å². The summed E-state index contributed by atoms with van der Waals surface area (Å²) < 4.78 is 40.3. The number of hydrogen-bond donors (Lipinski definition) is 2. The van der Waals surface area contributed by atoms with Crippen molar-refractivity contribution in [3.8, 4) is 11.5 Å². The summed E-state index contributed by atoms with van der Waals surface area (Å²) in [4.78, 5) is 18.4. The zero-order valence-corrected chi connectivity index (χ0v) is 16.2. The van der Waals surface area contributed by atoms with E-state index < -0.39 is 10.4 Å². The SMILES string of the molecule is COc1cc2c(CCNC(C)=O)c[nH]c2cc1OOS(=O)(=O)[O-].[Na+]. The van der Waals surface area contributed by atoms with Gasteiger partial charge in [0, 0.05) is 36.6 Å². The van der Waals surface area contributed by atoms with Gasteiger partial charge in [-0.25, -0.2) is 8.42 Å². The van der Waals surface area contributed by atoms with E-state index in [2.05, 4.69) is 19.5 Å². The molecule has 1 aromatic heterocycles. The molecule has 1 aromatic carbocycles. The number of carbonyl (C=O) groups is 1. The van der Waals surface area contributed by atoms with Crippen LogP contribution in [0, 0.1) is 0 Å². The third-order valence-corrected chi connectivity index (χ3v) is 3.26. The number of nitrogens with one attached hydrogen (secondary N) is 2. The maximum atomic E-state index is 10.9. The quantitative estimate of drug-likeness (QED) is 0.184.